The second kappa shape index (κ2) is 9.59. The molecule has 182 valence electrons. The summed E-state index contributed by atoms with van der Waals surface area (Å²) in [5.41, 5.74) is 1.09. The molecule has 0 spiro atoms. The number of hydrogen-bond donors (Lipinski definition) is 1. The van der Waals surface area contributed by atoms with Gasteiger partial charge in [0.1, 0.15) is 11.5 Å². The van der Waals surface area contributed by atoms with Gasteiger partial charge >= 0.3 is 0 Å². The number of nitrogens with one attached hydrogen (secondary N) is 1. The average Bonchev–Trinajstić information content (AvgIpc) is 3.49. The highest BCUT2D eigenvalue weighted by Gasteiger charge is 2.37. The molecule has 2 aliphatic rings. The van der Waals surface area contributed by atoms with Gasteiger partial charge in [-0.2, -0.15) is 0 Å². The Bertz CT molecular complexity index is 1350. The Labute approximate surface area is 205 Å². The van der Waals surface area contributed by atoms with Crippen LogP contribution in [-0.4, -0.2) is 41.9 Å². The highest BCUT2D eigenvalue weighted by molar-refractivity contribution is 6.34. The summed E-state index contributed by atoms with van der Waals surface area (Å²) in [5.74, 6) is -0.592. The standard InChI is InChI=1S/C26H21N3O7/c30-24(27-15-21-2-1-13-35-21)16-3-5-17(6-4-16)28-25(31)22-12-11-20(14-23(22)26(28)32)36-19-9-7-18(8-10-19)29(33)34/h3-12,14,21H,1-2,13,15H2,(H,27,30). The molecular weight excluding hydrogens is 466 g/mol. The topological polar surface area (TPSA) is 128 Å². The Hall–Kier alpha value is -4.57. The summed E-state index contributed by atoms with van der Waals surface area (Å²) in [7, 11) is 0. The Balaban J connectivity index is 1.28. The van der Waals surface area contributed by atoms with Crippen molar-refractivity contribution in [3.63, 3.8) is 0 Å². The number of nitrogens with zero attached hydrogens (tertiary/aromatic N) is 2. The summed E-state index contributed by atoms with van der Waals surface area (Å²) < 4.78 is 11.2. The second-order valence-electron chi connectivity index (χ2n) is 8.40. The largest absolute Gasteiger partial charge is 0.457 e. The van der Waals surface area contributed by atoms with Crippen LogP contribution in [0, 0.1) is 10.1 Å². The molecule has 2 heterocycles. The number of rotatable bonds is 7. The Morgan fingerprint density at radius 3 is 2.36 bits per heavy atom. The van der Waals surface area contributed by atoms with Gasteiger partial charge < -0.3 is 14.8 Å². The maximum Gasteiger partial charge on any atom is 0.269 e. The number of nitro groups is 1. The summed E-state index contributed by atoms with van der Waals surface area (Å²) in [6, 6.07) is 16.3. The number of nitro benzene ring substituents is 1. The van der Waals surface area contributed by atoms with E-state index in [2.05, 4.69) is 5.32 Å². The monoisotopic (exact) mass is 487 g/mol. The molecule has 2 aliphatic heterocycles. The predicted molar refractivity (Wildman–Crippen MR) is 129 cm³/mol. The molecule has 0 aromatic heterocycles. The van der Waals surface area contributed by atoms with Crippen molar-refractivity contribution in [1.82, 2.24) is 5.32 Å². The zero-order valence-corrected chi connectivity index (χ0v) is 19.0. The Morgan fingerprint density at radius 1 is 1.00 bits per heavy atom. The lowest BCUT2D eigenvalue weighted by atomic mass is 10.1. The molecule has 3 aromatic carbocycles. The van der Waals surface area contributed by atoms with Gasteiger partial charge in [0.15, 0.2) is 0 Å². The normalized spacial score (nSPS) is 16.7. The van der Waals surface area contributed by atoms with Gasteiger partial charge in [-0.05, 0) is 67.4 Å². The van der Waals surface area contributed by atoms with Crippen LogP contribution in [0.1, 0.15) is 43.9 Å². The minimum Gasteiger partial charge on any atom is -0.457 e. The van der Waals surface area contributed by atoms with Gasteiger partial charge in [-0.25, -0.2) is 4.90 Å². The summed E-state index contributed by atoms with van der Waals surface area (Å²) in [6.07, 6.45) is 1.93. The zero-order valence-electron chi connectivity index (χ0n) is 19.0. The highest BCUT2D eigenvalue weighted by Crippen LogP contribution is 2.33. The third kappa shape index (κ3) is 4.53. The highest BCUT2D eigenvalue weighted by atomic mass is 16.6. The first-order chi connectivity index (χ1) is 17.4. The fraction of sp³-hybridized carbons (Fsp3) is 0.192. The van der Waals surface area contributed by atoms with Gasteiger partial charge in [-0.1, -0.05) is 0 Å². The predicted octanol–water partition coefficient (Wildman–Crippen LogP) is 4.10. The number of non-ortho nitro benzene ring substituents is 1. The second-order valence-corrected chi connectivity index (χ2v) is 8.40. The molecule has 1 saturated heterocycles. The fourth-order valence-corrected chi connectivity index (χ4v) is 4.17. The van der Waals surface area contributed by atoms with Gasteiger partial charge in [0.05, 0.1) is 27.8 Å². The van der Waals surface area contributed by atoms with Crippen LogP contribution in [0.2, 0.25) is 0 Å². The van der Waals surface area contributed by atoms with Crippen LogP contribution in [0.5, 0.6) is 11.5 Å². The van der Waals surface area contributed by atoms with Crippen molar-refractivity contribution in [3.05, 3.63) is 93.5 Å². The van der Waals surface area contributed by atoms with E-state index < -0.39 is 16.7 Å². The molecule has 1 N–H and O–H groups in total. The van der Waals surface area contributed by atoms with Crippen LogP contribution >= 0.6 is 0 Å². The molecule has 3 amide bonds. The van der Waals surface area contributed by atoms with Crippen molar-refractivity contribution in [1.29, 1.82) is 0 Å². The zero-order chi connectivity index (χ0) is 25.2. The van der Waals surface area contributed by atoms with E-state index in [1.807, 2.05) is 0 Å². The fourth-order valence-electron chi connectivity index (χ4n) is 4.17. The molecule has 1 atom stereocenters. The van der Waals surface area contributed by atoms with E-state index >= 15 is 0 Å². The van der Waals surface area contributed by atoms with Gasteiger partial charge in [0.2, 0.25) is 0 Å². The quantitative estimate of drug-likeness (QED) is 0.302. The number of fused-ring (bicyclic) bond motifs is 1. The number of benzene rings is 3. The van der Waals surface area contributed by atoms with E-state index in [-0.39, 0.29) is 28.8 Å². The van der Waals surface area contributed by atoms with E-state index in [0.717, 1.165) is 17.7 Å². The van der Waals surface area contributed by atoms with Crippen molar-refractivity contribution in [2.45, 2.75) is 18.9 Å². The lowest BCUT2D eigenvalue weighted by Gasteiger charge is -2.15. The van der Waals surface area contributed by atoms with E-state index in [1.54, 1.807) is 30.3 Å². The summed E-state index contributed by atoms with van der Waals surface area (Å²) in [4.78, 5) is 49.8. The van der Waals surface area contributed by atoms with E-state index in [9.17, 15) is 24.5 Å². The number of carbonyl (C=O) groups is 3. The van der Waals surface area contributed by atoms with E-state index in [4.69, 9.17) is 9.47 Å². The number of hydrogen-bond acceptors (Lipinski definition) is 7. The molecule has 1 unspecified atom stereocenters. The molecule has 0 saturated carbocycles. The van der Waals surface area contributed by atoms with Gasteiger partial charge in [0, 0.05) is 30.8 Å². The molecule has 36 heavy (non-hydrogen) atoms. The SMILES string of the molecule is O=C(NCC1CCCO1)c1ccc(N2C(=O)c3ccc(Oc4ccc([N+](=O)[O-])cc4)cc3C2=O)cc1. The minimum absolute atomic E-state index is 0.0286. The van der Waals surface area contributed by atoms with Crippen molar-refractivity contribution >= 4 is 29.1 Å². The molecule has 1 fully saturated rings. The van der Waals surface area contributed by atoms with E-state index in [0.29, 0.717) is 35.9 Å². The molecule has 10 heteroatoms. The van der Waals surface area contributed by atoms with Crippen molar-refractivity contribution in [2.24, 2.45) is 0 Å². The van der Waals surface area contributed by atoms with Crippen molar-refractivity contribution in [2.75, 3.05) is 18.1 Å². The van der Waals surface area contributed by atoms with Crippen LogP contribution in [-0.2, 0) is 4.74 Å². The maximum absolute atomic E-state index is 13.1. The maximum atomic E-state index is 13.1. The van der Waals surface area contributed by atoms with Crippen LogP contribution in [0.25, 0.3) is 0 Å². The first kappa shape index (κ1) is 23.2. The van der Waals surface area contributed by atoms with Gasteiger partial charge in [-0.15, -0.1) is 0 Å². The molecule has 0 radical (unpaired) electrons. The summed E-state index contributed by atoms with van der Waals surface area (Å²) in [6.45, 7) is 1.14. The number of anilines is 1. The van der Waals surface area contributed by atoms with Crippen LogP contribution in [0.3, 0.4) is 0 Å². The number of ether oxygens (including phenoxy) is 2. The lowest BCUT2D eigenvalue weighted by molar-refractivity contribution is -0.384. The number of amides is 3. The minimum atomic E-state index is -0.514. The molecule has 0 bridgehead atoms. The number of imide groups is 1. The lowest BCUT2D eigenvalue weighted by Crippen LogP contribution is -2.32. The number of carbonyl (C=O) groups excluding carboxylic acids is 3. The molecule has 3 aromatic rings. The van der Waals surface area contributed by atoms with E-state index in [1.165, 1.54) is 36.4 Å². The summed E-state index contributed by atoms with van der Waals surface area (Å²) in [5, 5.41) is 13.6. The molecule has 0 aliphatic carbocycles. The summed E-state index contributed by atoms with van der Waals surface area (Å²) >= 11 is 0. The third-order valence-electron chi connectivity index (χ3n) is 6.04. The third-order valence-corrected chi connectivity index (χ3v) is 6.04. The van der Waals surface area contributed by atoms with Crippen LogP contribution < -0.4 is 15.0 Å². The molecule has 5 rings (SSSR count). The van der Waals surface area contributed by atoms with Gasteiger partial charge in [0.25, 0.3) is 23.4 Å². The van der Waals surface area contributed by atoms with Crippen LogP contribution in [0.4, 0.5) is 11.4 Å². The first-order valence-corrected chi connectivity index (χ1v) is 11.4. The molecular formula is C26H21N3O7. The van der Waals surface area contributed by atoms with Crippen molar-refractivity contribution in [3.8, 4) is 11.5 Å². The average molecular weight is 487 g/mol. The van der Waals surface area contributed by atoms with Gasteiger partial charge in [-0.3, -0.25) is 24.5 Å². The van der Waals surface area contributed by atoms with Crippen molar-refractivity contribution < 1.29 is 28.8 Å². The van der Waals surface area contributed by atoms with Crippen LogP contribution in [0.15, 0.2) is 66.7 Å². The smallest absolute Gasteiger partial charge is 0.269 e. The molecule has 10 nitrogen and oxygen atoms in total. The first-order valence-electron chi connectivity index (χ1n) is 11.4. The Morgan fingerprint density at radius 2 is 1.69 bits per heavy atom. The Kier molecular flexibility index (Phi) is 6.17.